The number of hydrogen-bond acceptors (Lipinski definition) is 3. The summed E-state index contributed by atoms with van der Waals surface area (Å²) in [6.07, 6.45) is 4.44. The minimum absolute atomic E-state index is 0.117. The molecule has 4 nitrogen and oxygen atoms in total. The summed E-state index contributed by atoms with van der Waals surface area (Å²) in [7, 11) is 1.92. The van der Waals surface area contributed by atoms with E-state index in [0.29, 0.717) is 12.6 Å². The van der Waals surface area contributed by atoms with Crippen LogP contribution in [-0.2, 0) is 9.53 Å². The fourth-order valence-electron chi connectivity index (χ4n) is 2.21. The molecule has 1 rings (SSSR count). The van der Waals surface area contributed by atoms with Gasteiger partial charge >= 0.3 is 0 Å². The van der Waals surface area contributed by atoms with Gasteiger partial charge in [0.1, 0.15) is 6.10 Å². The van der Waals surface area contributed by atoms with Gasteiger partial charge in [-0.05, 0) is 33.2 Å². The normalized spacial score (nSPS) is 21.5. The number of ether oxygens (including phenoxy) is 1. The number of likely N-dealkylation sites (tertiary alicyclic amines) is 1. The minimum atomic E-state index is -0.340. The Hall–Kier alpha value is -0.870. The molecule has 0 saturated carbocycles. The van der Waals surface area contributed by atoms with Crippen LogP contribution in [0, 0.1) is 0 Å². The Kier molecular flexibility index (Phi) is 6.22. The van der Waals surface area contributed by atoms with Crippen molar-refractivity contribution in [3.05, 3.63) is 12.7 Å². The maximum absolute atomic E-state index is 12.2. The smallest absolute Gasteiger partial charge is 0.251 e. The van der Waals surface area contributed by atoms with Gasteiger partial charge in [0.15, 0.2) is 0 Å². The second-order valence-electron chi connectivity index (χ2n) is 4.48. The number of likely N-dealkylation sites (N-methyl/N-ethyl adjacent to an activating group) is 1. The number of carbonyl (C=O) groups is 1. The molecule has 1 saturated heterocycles. The molecule has 17 heavy (non-hydrogen) atoms. The summed E-state index contributed by atoms with van der Waals surface area (Å²) in [4.78, 5) is 14.1. The van der Waals surface area contributed by atoms with E-state index in [-0.39, 0.29) is 12.0 Å². The summed E-state index contributed by atoms with van der Waals surface area (Å²) in [5, 5.41) is 3.14. The van der Waals surface area contributed by atoms with Crippen LogP contribution < -0.4 is 5.32 Å². The molecule has 4 heteroatoms. The van der Waals surface area contributed by atoms with Crippen molar-refractivity contribution < 1.29 is 9.53 Å². The molecule has 98 valence electrons. The van der Waals surface area contributed by atoms with Gasteiger partial charge in [-0.15, -0.1) is 6.58 Å². The highest BCUT2D eigenvalue weighted by molar-refractivity contribution is 5.81. The summed E-state index contributed by atoms with van der Waals surface area (Å²) in [5.74, 6) is 0.117. The first-order chi connectivity index (χ1) is 8.20. The number of amides is 1. The van der Waals surface area contributed by atoms with Crippen LogP contribution in [0.4, 0.5) is 0 Å². The summed E-state index contributed by atoms with van der Waals surface area (Å²) in [6.45, 7) is 7.76. The maximum atomic E-state index is 12.2. The van der Waals surface area contributed by atoms with Gasteiger partial charge in [0.2, 0.25) is 0 Å². The number of hydrogen-bond donors (Lipinski definition) is 1. The number of nitrogens with zero attached hydrogens (tertiary/aromatic N) is 1. The van der Waals surface area contributed by atoms with Gasteiger partial charge in [0.05, 0.1) is 6.61 Å². The van der Waals surface area contributed by atoms with Crippen molar-refractivity contribution in [2.24, 2.45) is 0 Å². The molecule has 1 N–H and O–H groups in total. The Morgan fingerprint density at radius 1 is 1.71 bits per heavy atom. The first-order valence-electron chi connectivity index (χ1n) is 6.38. The Morgan fingerprint density at radius 2 is 2.47 bits per heavy atom. The first-order valence-corrected chi connectivity index (χ1v) is 6.38. The molecule has 0 aromatic heterocycles. The van der Waals surface area contributed by atoms with E-state index in [1.165, 1.54) is 0 Å². The van der Waals surface area contributed by atoms with Crippen LogP contribution in [0.25, 0.3) is 0 Å². The van der Waals surface area contributed by atoms with Crippen LogP contribution in [0.1, 0.15) is 26.2 Å². The molecule has 1 heterocycles. The highest BCUT2D eigenvalue weighted by Gasteiger charge is 2.30. The van der Waals surface area contributed by atoms with Crippen LogP contribution in [0.2, 0.25) is 0 Å². The molecule has 0 aromatic rings. The van der Waals surface area contributed by atoms with Gasteiger partial charge in [-0.25, -0.2) is 0 Å². The predicted octanol–water partition coefficient (Wildman–Crippen LogP) is 1.18. The fraction of sp³-hybridized carbons (Fsp3) is 0.769. The number of carbonyl (C=O) groups excluding carboxylic acids is 1. The second-order valence-corrected chi connectivity index (χ2v) is 4.48. The molecule has 0 aliphatic carbocycles. The molecule has 0 spiro atoms. The molecule has 1 aliphatic heterocycles. The minimum Gasteiger partial charge on any atom is -0.368 e. The van der Waals surface area contributed by atoms with Crippen molar-refractivity contribution in [3.8, 4) is 0 Å². The molecule has 1 amide bonds. The highest BCUT2D eigenvalue weighted by Crippen LogP contribution is 2.18. The third-order valence-electron chi connectivity index (χ3n) is 3.14. The van der Waals surface area contributed by atoms with Gasteiger partial charge in [0, 0.05) is 19.1 Å². The molecule has 1 fully saturated rings. The lowest BCUT2D eigenvalue weighted by atomic mass is 10.2. The van der Waals surface area contributed by atoms with Crippen LogP contribution in [0.15, 0.2) is 12.7 Å². The lowest BCUT2D eigenvalue weighted by molar-refractivity contribution is -0.143. The van der Waals surface area contributed by atoms with Gasteiger partial charge < -0.3 is 15.0 Å². The average Bonchev–Trinajstić information content (AvgIpc) is 2.77. The van der Waals surface area contributed by atoms with Crippen molar-refractivity contribution >= 4 is 5.91 Å². The van der Waals surface area contributed by atoms with Crippen molar-refractivity contribution in [3.63, 3.8) is 0 Å². The summed E-state index contributed by atoms with van der Waals surface area (Å²) in [6, 6.07) is 0.331. The van der Waals surface area contributed by atoms with Crippen LogP contribution in [0.5, 0.6) is 0 Å². The van der Waals surface area contributed by atoms with Gasteiger partial charge in [0.25, 0.3) is 5.91 Å². The molecule has 2 unspecified atom stereocenters. The molecule has 0 radical (unpaired) electrons. The van der Waals surface area contributed by atoms with Crippen LogP contribution in [-0.4, -0.2) is 49.7 Å². The van der Waals surface area contributed by atoms with Gasteiger partial charge in [-0.3, -0.25) is 4.79 Å². The monoisotopic (exact) mass is 240 g/mol. The Balaban J connectivity index is 2.41. The van der Waals surface area contributed by atoms with E-state index in [0.717, 1.165) is 32.4 Å². The molecular weight excluding hydrogens is 216 g/mol. The number of nitrogens with one attached hydrogen (secondary N) is 1. The molecule has 0 bridgehead atoms. The molecule has 0 aromatic carbocycles. The molecular formula is C13H24N2O2. The zero-order valence-corrected chi connectivity index (χ0v) is 10.9. The fourth-order valence-corrected chi connectivity index (χ4v) is 2.21. The SMILES string of the molecule is C=CCCOC(C)C(=O)N1CCCC1CNC. The zero-order chi connectivity index (χ0) is 12.7. The number of rotatable bonds is 7. The van der Waals surface area contributed by atoms with E-state index in [2.05, 4.69) is 11.9 Å². The zero-order valence-electron chi connectivity index (χ0n) is 10.9. The predicted molar refractivity (Wildman–Crippen MR) is 68.9 cm³/mol. The second kappa shape index (κ2) is 7.45. The van der Waals surface area contributed by atoms with Crippen LogP contribution in [0.3, 0.4) is 0 Å². The van der Waals surface area contributed by atoms with Gasteiger partial charge in [-0.2, -0.15) is 0 Å². The van der Waals surface area contributed by atoms with E-state index >= 15 is 0 Å². The lowest BCUT2D eigenvalue weighted by Crippen LogP contribution is -2.45. The van der Waals surface area contributed by atoms with Crippen molar-refractivity contribution in [1.29, 1.82) is 0 Å². The topological polar surface area (TPSA) is 41.6 Å². The van der Waals surface area contributed by atoms with Crippen molar-refractivity contribution in [1.82, 2.24) is 10.2 Å². The quantitative estimate of drug-likeness (QED) is 0.536. The maximum Gasteiger partial charge on any atom is 0.251 e. The van der Waals surface area contributed by atoms with E-state index in [1.54, 1.807) is 6.08 Å². The lowest BCUT2D eigenvalue weighted by Gasteiger charge is -2.27. The summed E-state index contributed by atoms with van der Waals surface area (Å²) in [5.41, 5.74) is 0. The summed E-state index contributed by atoms with van der Waals surface area (Å²) < 4.78 is 5.50. The van der Waals surface area contributed by atoms with E-state index < -0.39 is 0 Å². The van der Waals surface area contributed by atoms with Crippen LogP contribution >= 0.6 is 0 Å². The summed E-state index contributed by atoms with van der Waals surface area (Å²) >= 11 is 0. The van der Waals surface area contributed by atoms with Crippen molar-refractivity contribution in [2.75, 3.05) is 26.7 Å². The van der Waals surface area contributed by atoms with E-state index in [1.807, 2.05) is 18.9 Å². The average molecular weight is 240 g/mol. The third kappa shape index (κ3) is 4.13. The van der Waals surface area contributed by atoms with E-state index in [9.17, 15) is 4.79 Å². The Bertz CT molecular complexity index is 256. The standard InChI is InChI=1S/C13H24N2O2/c1-4-5-9-17-11(2)13(16)15-8-6-7-12(15)10-14-3/h4,11-12,14H,1,5-10H2,2-3H3. The van der Waals surface area contributed by atoms with Gasteiger partial charge in [-0.1, -0.05) is 6.08 Å². The van der Waals surface area contributed by atoms with E-state index in [4.69, 9.17) is 4.74 Å². The molecule has 2 atom stereocenters. The highest BCUT2D eigenvalue weighted by atomic mass is 16.5. The molecule has 1 aliphatic rings. The van der Waals surface area contributed by atoms with Crippen molar-refractivity contribution in [2.45, 2.75) is 38.3 Å². The first kappa shape index (κ1) is 14.2. The Morgan fingerprint density at radius 3 is 3.12 bits per heavy atom. The largest absolute Gasteiger partial charge is 0.368 e. The third-order valence-corrected chi connectivity index (χ3v) is 3.14. The Labute approximate surface area is 104 Å².